The summed E-state index contributed by atoms with van der Waals surface area (Å²) in [6, 6.07) is 8.74. The molecule has 0 N–H and O–H groups in total. The lowest BCUT2D eigenvalue weighted by Crippen LogP contribution is -2.09. The number of rotatable bonds is 3. The molecule has 0 fully saturated rings. The van der Waals surface area contributed by atoms with Crippen LogP contribution in [0.1, 0.15) is 6.92 Å². The highest BCUT2D eigenvalue weighted by atomic mass is 35.5. The molecular formula is C11H10ClNO2S. The summed E-state index contributed by atoms with van der Waals surface area (Å²) in [4.78, 5) is 11.5. The van der Waals surface area contributed by atoms with Crippen LogP contribution in [0, 0.1) is 0 Å². The average molecular weight is 256 g/mol. The summed E-state index contributed by atoms with van der Waals surface area (Å²) >= 11 is 6.99. The Kier molecular flexibility index (Phi) is 3.31. The largest absolute Gasteiger partial charge is 0.494 e. The number of nitrogens with zero attached hydrogens (tertiary/aromatic N) is 1. The molecule has 1 aromatic carbocycles. The fourth-order valence-corrected chi connectivity index (χ4v) is 2.34. The van der Waals surface area contributed by atoms with Gasteiger partial charge in [-0.2, -0.15) is 0 Å². The fraction of sp³-hybridized carbons (Fsp3) is 0.182. The highest BCUT2D eigenvalue weighted by Crippen LogP contribution is 2.19. The van der Waals surface area contributed by atoms with Crippen molar-refractivity contribution in [3.05, 3.63) is 45.0 Å². The third-order valence-electron chi connectivity index (χ3n) is 2.00. The smallest absolute Gasteiger partial charge is 0.266 e. The van der Waals surface area contributed by atoms with E-state index >= 15 is 0 Å². The molecule has 84 valence electrons. The van der Waals surface area contributed by atoms with Crippen molar-refractivity contribution in [2.45, 2.75) is 6.92 Å². The normalized spacial score (nSPS) is 10.4. The van der Waals surface area contributed by atoms with E-state index in [4.69, 9.17) is 16.3 Å². The minimum absolute atomic E-state index is 0.112. The van der Waals surface area contributed by atoms with Crippen molar-refractivity contribution in [1.82, 2.24) is 3.96 Å². The van der Waals surface area contributed by atoms with Crippen molar-refractivity contribution < 1.29 is 4.74 Å². The molecule has 0 amide bonds. The second kappa shape index (κ2) is 4.72. The second-order valence-corrected chi connectivity index (χ2v) is 4.72. The predicted octanol–water partition coefficient (Wildman–Crippen LogP) is 2.95. The minimum Gasteiger partial charge on any atom is -0.494 e. The molecule has 2 aromatic rings. The zero-order valence-electron chi connectivity index (χ0n) is 8.64. The Morgan fingerprint density at radius 3 is 2.56 bits per heavy atom. The minimum atomic E-state index is -0.112. The molecule has 1 aromatic heterocycles. The Hall–Kier alpha value is -1.26. The first kappa shape index (κ1) is 11.2. The second-order valence-electron chi connectivity index (χ2n) is 3.10. The van der Waals surface area contributed by atoms with Crippen LogP contribution in [0.4, 0.5) is 0 Å². The molecule has 1 heterocycles. The Morgan fingerprint density at radius 1 is 1.38 bits per heavy atom. The van der Waals surface area contributed by atoms with E-state index < -0.39 is 0 Å². The van der Waals surface area contributed by atoms with Gasteiger partial charge in [0, 0.05) is 6.07 Å². The molecule has 0 bridgehead atoms. The average Bonchev–Trinajstić information content (AvgIpc) is 2.59. The van der Waals surface area contributed by atoms with Crippen molar-refractivity contribution in [3.63, 3.8) is 0 Å². The summed E-state index contributed by atoms with van der Waals surface area (Å²) in [6.07, 6.45) is 0. The highest BCUT2D eigenvalue weighted by Gasteiger charge is 2.04. The first-order valence-electron chi connectivity index (χ1n) is 4.83. The number of ether oxygens (including phenoxy) is 1. The number of hydrogen-bond acceptors (Lipinski definition) is 3. The molecular weight excluding hydrogens is 246 g/mol. The third kappa shape index (κ3) is 2.28. The number of benzene rings is 1. The van der Waals surface area contributed by atoms with Gasteiger partial charge in [0.05, 0.1) is 12.3 Å². The maximum atomic E-state index is 11.5. The SMILES string of the molecule is CCOc1ccc(-n2sc(Cl)cc2=O)cc1. The van der Waals surface area contributed by atoms with Crippen LogP contribution in [0.25, 0.3) is 5.69 Å². The van der Waals surface area contributed by atoms with Gasteiger partial charge in [-0.15, -0.1) is 0 Å². The maximum absolute atomic E-state index is 11.5. The van der Waals surface area contributed by atoms with Crippen molar-refractivity contribution >= 4 is 23.1 Å². The van der Waals surface area contributed by atoms with E-state index in [0.29, 0.717) is 10.9 Å². The Labute approximate surface area is 102 Å². The van der Waals surface area contributed by atoms with Crippen molar-refractivity contribution in [3.8, 4) is 11.4 Å². The molecule has 0 saturated carbocycles. The lowest BCUT2D eigenvalue weighted by atomic mass is 10.3. The van der Waals surface area contributed by atoms with Crippen LogP contribution in [-0.2, 0) is 0 Å². The van der Waals surface area contributed by atoms with E-state index in [1.54, 1.807) is 0 Å². The van der Waals surface area contributed by atoms with Crippen LogP contribution >= 0.6 is 23.1 Å². The van der Waals surface area contributed by atoms with Gasteiger partial charge in [0.2, 0.25) is 0 Å². The molecule has 3 nitrogen and oxygen atoms in total. The van der Waals surface area contributed by atoms with Crippen LogP contribution in [0.2, 0.25) is 4.34 Å². The van der Waals surface area contributed by atoms with Gasteiger partial charge in [0.25, 0.3) is 5.56 Å². The summed E-state index contributed by atoms with van der Waals surface area (Å²) in [5.41, 5.74) is 0.685. The van der Waals surface area contributed by atoms with Crippen LogP contribution in [0.15, 0.2) is 35.1 Å². The third-order valence-corrected chi connectivity index (χ3v) is 3.18. The fourth-order valence-electron chi connectivity index (χ4n) is 1.34. The van der Waals surface area contributed by atoms with E-state index in [9.17, 15) is 4.79 Å². The highest BCUT2D eigenvalue weighted by molar-refractivity contribution is 7.11. The van der Waals surface area contributed by atoms with Gasteiger partial charge in [-0.3, -0.25) is 4.79 Å². The summed E-state index contributed by atoms with van der Waals surface area (Å²) in [5, 5.41) is 0. The van der Waals surface area contributed by atoms with Gasteiger partial charge < -0.3 is 4.74 Å². The standard InChI is InChI=1S/C11H10ClNO2S/c1-2-15-9-5-3-8(4-6-9)13-11(14)7-10(12)16-13/h3-7H,2H2,1H3. The molecule has 0 aliphatic rings. The van der Waals surface area contributed by atoms with Gasteiger partial charge in [-0.05, 0) is 42.7 Å². The van der Waals surface area contributed by atoms with Gasteiger partial charge >= 0.3 is 0 Å². The van der Waals surface area contributed by atoms with E-state index in [0.717, 1.165) is 11.4 Å². The summed E-state index contributed by atoms with van der Waals surface area (Å²) in [7, 11) is 0. The van der Waals surface area contributed by atoms with E-state index in [1.807, 2.05) is 31.2 Å². The zero-order chi connectivity index (χ0) is 11.5. The predicted molar refractivity (Wildman–Crippen MR) is 66.1 cm³/mol. The van der Waals surface area contributed by atoms with Gasteiger partial charge in [0.15, 0.2) is 0 Å². The number of aromatic nitrogens is 1. The molecule has 0 aliphatic heterocycles. The molecule has 5 heteroatoms. The zero-order valence-corrected chi connectivity index (χ0v) is 10.2. The van der Waals surface area contributed by atoms with Crippen molar-refractivity contribution in [2.75, 3.05) is 6.61 Å². The van der Waals surface area contributed by atoms with Crippen LogP contribution in [0.5, 0.6) is 5.75 Å². The van der Waals surface area contributed by atoms with Crippen molar-refractivity contribution in [1.29, 1.82) is 0 Å². The van der Waals surface area contributed by atoms with Crippen LogP contribution in [-0.4, -0.2) is 10.6 Å². The number of hydrogen-bond donors (Lipinski definition) is 0. The van der Waals surface area contributed by atoms with E-state index in [1.165, 1.54) is 21.6 Å². The lowest BCUT2D eigenvalue weighted by molar-refractivity contribution is 0.340. The van der Waals surface area contributed by atoms with Gasteiger partial charge in [-0.25, -0.2) is 3.96 Å². The molecule has 0 atom stereocenters. The van der Waals surface area contributed by atoms with E-state index in [2.05, 4.69) is 0 Å². The molecule has 0 radical (unpaired) electrons. The Morgan fingerprint density at radius 2 is 2.06 bits per heavy atom. The lowest BCUT2D eigenvalue weighted by Gasteiger charge is -2.04. The molecule has 16 heavy (non-hydrogen) atoms. The quantitative estimate of drug-likeness (QED) is 0.844. The van der Waals surface area contributed by atoms with Gasteiger partial charge in [-0.1, -0.05) is 11.6 Å². The van der Waals surface area contributed by atoms with Gasteiger partial charge in [0.1, 0.15) is 10.1 Å². The Balaban J connectivity index is 2.34. The summed E-state index contributed by atoms with van der Waals surface area (Å²) in [6.45, 7) is 2.56. The summed E-state index contributed by atoms with van der Waals surface area (Å²) in [5.74, 6) is 0.793. The van der Waals surface area contributed by atoms with E-state index in [-0.39, 0.29) is 5.56 Å². The maximum Gasteiger partial charge on any atom is 0.266 e. The number of halogens is 1. The van der Waals surface area contributed by atoms with Crippen LogP contribution in [0.3, 0.4) is 0 Å². The Bertz CT molecular complexity index is 530. The molecule has 0 unspecified atom stereocenters. The molecule has 2 rings (SSSR count). The first-order chi connectivity index (χ1) is 7.70. The monoisotopic (exact) mass is 255 g/mol. The first-order valence-corrected chi connectivity index (χ1v) is 5.98. The van der Waals surface area contributed by atoms with Crippen molar-refractivity contribution in [2.24, 2.45) is 0 Å². The van der Waals surface area contributed by atoms with Crippen LogP contribution < -0.4 is 10.3 Å². The topological polar surface area (TPSA) is 31.2 Å². The summed E-state index contributed by atoms with van der Waals surface area (Å²) < 4.78 is 7.35. The molecule has 0 aliphatic carbocycles. The molecule has 0 saturated heterocycles. The molecule has 0 spiro atoms.